The predicted molar refractivity (Wildman–Crippen MR) is 101 cm³/mol. The molecular formula is C19H19ClN4O2. The first-order chi connectivity index (χ1) is 12.4. The van der Waals surface area contributed by atoms with Gasteiger partial charge in [0, 0.05) is 30.2 Å². The number of carbonyl (C=O) groups excluding carboxylic acids is 1. The van der Waals surface area contributed by atoms with Crippen LogP contribution in [0, 0.1) is 6.92 Å². The molecule has 0 spiro atoms. The summed E-state index contributed by atoms with van der Waals surface area (Å²) in [5.74, 6) is 0.110. The van der Waals surface area contributed by atoms with Crippen LogP contribution in [0.3, 0.4) is 0 Å². The fourth-order valence-corrected chi connectivity index (χ4v) is 3.26. The number of amides is 1. The van der Waals surface area contributed by atoms with Crippen LogP contribution >= 0.6 is 11.6 Å². The molecule has 0 atom stereocenters. The number of H-pyrrole nitrogens is 1. The van der Waals surface area contributed by atoms with Gasteiger partial charge < -0.3 is 5.32 Å². The predicted octanol–water partition coefficient (Wildman–Crippen LogP) is 3.03. The summed E-state index contributed by atoms with van der Waals surface area (Å²) in [5, 5.41) is 6.62. The Bertz CT molecular complexity index is 1080. The topological polar surface area (TPSA) is 79.8 Å². The maximum absolute atomic E-state index is 12.8. The zero-order chi connectivity index (χ0) is 18.4. The van der Waals surface area contributed by atoms with Crippen LogP contribution in [-0.4, -0.2) is 20.7 Å². The number of nitrogens with zero attached hydrogens (tertiary/aromatic N) is 2. The standard InChI is InChI=1S/C19H19ClN4O2/c1-10-7-11(3-6-14(10)20)9-21-18(25)13-8-15(12-4-5-12)22-17-16(13)19(26)23-24(17)2/h3,6-8,12H,4-5,9H2,1-2H3,(H,21,25)(H,23,26). The normalized spacial score (nSPS) is 14.0. The number of hydrogen-bond acceptors (Lipinski definition) is 3. The molecule has 1 aromatic carbocycles. The minimum atomic E-state index is -0.301. The molecule has 0 unspecified atom stereocenters. The van der Waals surface area contributed by atoms with E-state index in [0.29, 0.717) is 34.1 Å². The van der Waals surface area contributed by atoms with Crippen molar-refractivity contribution in [3.8, 4) is 0 Å². The Balaban J connectivity index is 1.67. The van der Waals surface area contributed by atoms with Crippen LogP contribution in [0.5, 0.6) is 0 Å². The minimum absolute atomic E-state index is 0.274. The van der Waals surface area contributed by atoms with Crippen LogP contribution in [-0.2, 0) is 13.6 Å². The van der Waals surface area contributed by atoms with Gasteiger partial charge in [-0.15, -0.1) is 0 Å². The van der Waals surface area contributed by atoms with Crippen LogP contribution in [0.1, 0.15) is 45.9 Å². The van der Waals surface area contributed by atoms with Gasteiger partial charge in [0.2, 0.25) is 0 Å². The Morgan fingerprint density at radius 3 is 2.85 bits per heavy atom. The van der Waals surface area contributed by atoms with E-state index in [1.165, 1.54) is 0 Å². The van der Waals surface area contributed by atoms with Crippen LogP contribution in [0.4, 0.5) is 0 Å². The molecule has 6 nitrogen and oxygen atoms in total. The average Bonchev–Trinajstić information content (AvgIpc) is 3.42. The van der Waals surface area contributed by atoms with Crippen molar-refractivity contribution in [2.24, 2.45) is 7.05 Å². The Kier molecular flexibility index (Phi) is 4.07. The molecule has 0 saturated heterocycles. The molecule has 0 radical (unpaired) electrons. The second kappa shape index (κ2) is 6.29. The van der Waals surface area contributed by atoms with Crippen molar-refractivity contribution in [2.75, 3.05) is 0 Å². The lowest BCUT2D eigenvalue weighted by Crippen LogP contribution is -2.24. The third-order valence-corrected chi connectivity index (χ3v) is 5.17. The van der Waals surface area contributed by atoms with Gasteiger partial charge in [0.1, 0.15) is 0 Å². The van der Waals surface area contributed by atoms with Crippen molar-refractivity contribution in [1.82, 2.24) is 20.1 Å². The maximum atomic E-state index is 12.8. The number of benzene rings is 1. The zero-order valence-electron chi connectivity index (χ0n) is 14.6. The van der Waals surface area contributed by atoms with Gasteiger partial charge in [0.25, 0.3) is 11.5 Å². The Morgan fingerprint density at radius 1 is 1.38 bits per heavy atom. The van der Waals surface area contributed by atoms with E-state index in [1.54, 1.807) is 17.8 Å². The summed E-state index contributed by atoms with van der Waals surface area (Å²) in [6, 6.07) is 7.40. The minimum Gasteiger partial charge on any atom is -0.348 e. The first kappa shape index (κ1) is 16.8. The van der Waals surface area contributed by atoms with E-state index in [9.17, 15) is 9.59 Å². The molecule has 0 aliphatic heterocycles. The summed E-state index contributed by atoms with van der Waals surface area (Å²) < 4.78 is 1.57. The lowest BCUT2D eigenvalue weighted by Gasteiger charge is -2.09. The number of pyridine rings is 1. The molecular weight excluding hydrogens is 352 g/mol. The van der Waals surface area contributed by atoms with Gasteiger partial charge in [0.15, 0.2) is 5.65 Å². The van der Waals surface area contributed by atoms with E-state index in [2.05, 4.69) is 15.4 Å². The zero-order valence-corrected chi connectivity index (χ0v) is 15.4. The summed E-state index contributed by atoms with van der Waals surface area (Å²) in [7, 11) is 1.73. The molecule has 1 fully saturated rings. The molecule has 2 aromatic heterocycles. The van der Waals surface area contributed by atoms with E-state index >= 15 is 0 Å². The summed E-state index contributed by atoms with van der Waals surface area (Å²) in [6.07, 6.45) is 2.14. The number of fused-ring (bicyclic) bond motifs is 1. The van der Waals surface area contributed by atoms with Gasteiger partial charge in [-0.05, 0) is 43.0 Å². The molecule has 1 saturated carbocycles. The molecule has 7 heteroatoms. The molecule has 1 aliphatic rings. The highest BCUT2D eigenvalue weighted by Crippen LogP contribution is 2.39. The maximum Gasteiger partial charge on any atom is 0.274 e. The van der Waals surface area contributed by atoms with Crippen molar-refractivity contribution in [1.29, 1.82) is 0 Å². The molecule has 134 valence electrons. The van der Waals surface area contributed by atoms with E-state index < -0.39 is 0 Å². The summed E-state index contributed by atoms with van der Waals surface area (Å²) in [6.45, 7) is 2.29. The molecule has 2 heterocycles. The van der Waals surface area contributed by atoms with E-state index in [1.807, 2.05) is 25.1 Å². The molecule has 0 bridgehead atoms. The van der Waals surface area contributed by atoms with Crippen LogP contribution in [0.25, 0.3) is 11.0 Å². The number of hydrogen-bond donors (Lipinski definition) is 2. The second-order valence-electron chi connectivity index (χ2n) is 6.83. The number of aromatic amines is 1. The van der Waals surface area contributed by atoms with Crippen LogP contribution < -0.4 is 10.9 Å². The van der Waals surface area contributed by atoms with Gasteiger partial charge in [0.05, 0.1) is 10.9 Å². The fourth-order valence-electron chi connectivity index (χ4n) is 3.14. The fraction of sp³-hybridized carbons (Fsp3) is 0.316. The van der Waals surface area contributed by atoms with E-state index in [-0.39, 0.29) is 11.5 Å². The Hall–Kier alpha value is -2.60. The second-order valence-corrected chi connectivity index (χ2v) is 7.24. The van der Waals surface area contributed by atoms with Crippen molar-refractivity contribution in [3.63, 3.8) is 0 Å². The molecule has 2 N–H and O–H groups in total. The monoisotopic (exact) mass is 370 g/mol. The van der Waals surface area contributed by atoms with Gasteiger partial charge >= 0.3 is 0 Å². The Labute approximate surface area is 155 Å². The highest BCUT2D eigenvalue weighted by molar-refractivity contribution is 6.31. The number of rotatable bonds is 4. The Morgan fingerprint density at radius 2 is 2.15 bits per heavy atom. The van der Waals surface area contributed by atoms with Crippen molar-refractivity contribution < 1.29 is 4.79 Å². The third kappa shape index (κ3) is 3.01. The highest BCUT2D eigenvalue weighted by atomic mass is 35.5. The number of aromatic nitrogens is 3. The van der Waals surface area contributed by atoms with E-state index in [0.717, 1.165) is 29.7 Å². The smallest absolute Gasteiger partial charge is 0.274 e. The lowest BCUT2D eigenvalue weighted by molar-refractivity contribution is 0.0952. The summed E-state index contributed by atoms with van der Waals surface area (Å²) >= 11 is 6.04. The van der Waals surface area contributed by atoms with Crippen LogP contribution in [0.15, 0.2) is 29.1 Å². The SMILES string of the molecule is Cc1cc(CNC(=O)c2cc(C3CC3)nc3c2c(=O)[nH]n3C)ccc1Cl. The van der Waals surface area contributed by atoms with Gasteiger partial charge in [-0.2, -0.15) is 0 Å². The van der Waals surface area contributed by atoms with Crippen molar-refractivity contribution >= 4 is 28.5 Å². The number of nitrogens with one attached hydrogen (secondary N) is 2. The molecule has 3 aromatic rings. The van der Waals surface area contributed by atoms with Gasteiger partial charge in [-0.1, -0.05) is 23.7 Å². The number of carbonyl (C=O) groups is 1. The van der Waals surface area contributed by atoms with Crippen molar-refractivity contribution in [2.45, 2.75) is 32.2 Å². The quantitative estimate of drug-likeness (QED) is 0.740. The molecule has 1 aliphatic carbocycles. The molecule has 1 amide bonds. The molecule has 26 heavy (non-hydrogen) atoms. The third-order valence-electron chi connectivity index (χ3n) is 4.75. The first-order valence-electron chi connectivity index (χ1n) is 8.57. The summed E-state index contributed by atoms with van der Waals surface area (Å²) in [5.41, 5.74) is 3.39. The summed E-state index contributed by atoms with van der Waals surface area (Å²) in [4.78, 5) is 29.7. The average molecular weight is 371 g/mol. The number of aryl methyl sites for hydroxylation is 2. The highest BCUT2D eigenvalue weighted by Gasteiger charge is 2.28. The van der Waals surface area contributed by atoms with E-state index in [4.69, 9.17) is 11.6 Å². The number of halogens is 1. The van der Waals surface area contributed by atoms with Crippen LogP contribution in [0.2, 0.25) is 5.02 Å². The lowest BCUT2D eigenvalue weighted by atomic mass is 10.1. The van der Waals surface area contributed by atoms with Gasteiger partial charge in [-0.25, -0.2) is 4.98 Å². The first-order valence-corrected chi connectivity index (χ1v) is 8.94. The molecule has 4 rings (SSSR count). The van der Waals surface area contributed by atoms with Gasteiger partial charge in [-0.3, -0.25) is 19.4 Å². The largest absolute Gasteiger partial charge is 0.348 e. The van der Waals surface area contributed by atoms with Crippen molar-refractivity contribution in [3.05, 3.63) is 62.0 Å².